The molecule has 3 nitrogen and oxygen atoms in total. The van der Waals surface area contributed by atoms with E-state index < -0.39 is 0 Å². The number of hydrogen-bond donors (Lipinski definition) is 0. The molecule has 0 aromatic carbocycles. The molecule has 0 saturated carbocycles. The third-order valence-corrected chi connectivity index (χ3v) is 3.71. The van der Waals surface area contributed by atoms with Crippen LogP contribution in [0.25, 0.3) is 0 Å². The quantitative estimate of drug-likeness (QED) is 0.684. The first-order valence-corrected chi connectivity index (χ1v) is 6.68. The van der Waals surface area contributed by atoms with Crippen LogP contribution in [0, 0.1) is 0 Å². The third-order valence-electron chi connectivity index (χ3n) is 3.71. The molecule has 3 heteroatoms. The van der Waals surface area contributed by atoms with Crippen molar-refractivity contribution in [2.45, 2.75) is 52.5 Å². The summed E-state index contributed by atoms with van der Waals surface area (Å²) in [7, 11) is 0. The number of likely N-dealkylation sites (N-methyl/N-ethyl adjacent to an activating group) is 1. The number of hydrogen-bond acceptors (Lipinski definition) is 2. The molecule has 0 aromatic heterocycles. The van der Waals surface area contributed by atoms with Gasteiger partial charge >= 0.3 is 0 Å². The van der Waals surface area contributed by atoms with Gasteiger partial charge in [0.05, 0.1) is 5.54 Å². The number of carbonyl (C=O) groups is 1. The number of likely N-dealkylation sites (tertiary alicyclic amines) is 2. The Balaban J connectivity index is 0.000000606. The zero-order chi connectivity index (χ0) is 12.2. The largest absolute Gasteiger partial charge is 0.335 e. The van der Waals surface area contributed by atoms with E-state index in [1.54, 1.807) is 6.92 Å². The molecular weight excluding hydrogens is 200 g/mol. The van der Waals surface area contributed by atoms with Crippen molar-refractivity contribution in [3.05, 3.63) is 0 Å². The van der Waals surface area contributed by atoms with Gasteiger partial charge in [0.2, 0.25) is 5.91 Å². The molecule has 16 heavy (non-hydrogen) atoms. The maximum atomic E-state index is 11.5. The normalized spacial score (nSPS) is 23.4. The fourth-order valence-corrected chi connectivity index (χ4v) is 2.93. The highest BCUT2D eigenvalue weighted by Crippen LogP contribution is 2.36. The van der Waals surface area contributed by atoms with Crippen molar-refractivity contribution in [3.63, 3.8) is 0 Å². The summed E-state index contributed by atoms with van der Waals surface area (Å²) in [5, 5.41) is 0. The van der Waals surface area contributed by atoms with Crippen LogP contribution in [0.1, 0.15) is 47.0 Å². The summed E-state index contributed by atoms with van der Waals surface area (Å²) in [4.78, 5) is 16.0. The van der Waals surface area contributed by atoms with Gasteiger partial charge in [0.25, 0.3) is 0 Å². The molecule has 0 radical (unpaired) electrons. The number of piperidine rings is 1. The summed E-state index contributed by atoms with van der Waals surface area (Å²) in [5.41, 5.74) is 0.222. The van der Waals surface area contributed by atoms with Gasteiger partial charge in [0.15, 0.2) is 0 Å². The molecule has 1 spiro atoms. The molecule has 2 heterocycles. The van der Waals surface area contributed by atoms with Crippen LogP contribution in [0.3, 0.4) is 0 Å². The Morgan fingerprint density at radius 2 is 1.88 bits per heavy atom. The molecule has 0 atom stereocenters. The van der Waals surface area contributed by atoms with Crippen LogP contribution in [-0.4, -0.2) is 47.4 Å². The zero-order valence-electron chi connectivity index (χ0n) is 11.3. The van der Waals surface area contributed by atoms with Crippen molar-refractivity contribution in [3.8, 4) is 0 Å². The van der Waals surface area contributed by atoms with E-state index in [9.17, 15) is 4.79 Å². The van der Waals surface area contributed by atoms with E-state index in [1.807, 2.05) is 13.8 Å². The van der Waals surface area contributed by atoms with Gasteiger partial charge in [-0.25, -0.2) is 0 Å². The summed E-state index contributed by atoms with van der Waals surface area (Å²) >= 11 is 0. The lowest BCUT2D eigenvalue weighted by Gasteiger charge is -2.57. The Morgan fingerprint density at radius 1 is 1.25 bits per heavy atom. The summed E-state index contributed by atoms with van der Waals surface area (Å²) in [6.07, 6.45) is 3.69. The predicted octanol–water partition coefficient (Wildman–Crippen LogP) is 2.12. The van der Waals surface area contributed by atoms with Gasteiger partial charge in [-0.05, 0) is 25.8 Å². The number of rotatable bonds is 1. The highest BCUT2D eigenvalue weighted by atomic mass is 16.2. The van der Waals surface area contributed by atoms with Crippen molar-refractivity contribution >= 4 is 5.91 Å². The van der Waals surface area contributed by atoms with Crippen LogP contribution in [0.2, 0.25) is 0 Å². The molecule has 0 unspecified atom stereocenters. The lowest BCUT2D eigenvalue weighted by atomic mass is 9.79. The molecule has 2 fully saturated rings. The average Bonchev–Trinajstić information content (AvgIpc) is 2.28. The van der Waals surface area contributed by atoms with Gasteiger partial charge < -0.3 is 4.90 Å². The van der Waals surface area contributed by atoms with Gasteiger partial charge in [-0.15, -0.1) is 0 Å². The fourth-order valence-electron chi connectivity index (χ4n) is 2.93. The Labute approximate surface area is 99.8 Å². The van der Waals surface area contributed by atoms with Crippen LogP contribution in [0.15, 0.2) is 0 Å². The first kappa shape index (κ1) is 13.5. The topological polar surface area (TPSA) is 23.6 Å². The number of amides is 1. The number of carbonyl (C=O) groups excluding carboxylic acids is 1. The Kier molecular flexibility index (Phi) is 4.78. The first-order chi connectivity index (χ1) is 7.68. The van der Waals surface area contributed by atoms with E-state index in [4.69, 9.17) is 0 Å². The Hall–Kier alpha value is -0.570. The summed E-state index contributed by atoms with van der Waals surface area (Å²) in [6, 6.07) is 0. The highest BCUT2D eigenvalue weighted by Gasteiger charge is 2.48. The molecule has 2 saturated heterocycles. The molecule has 1 amide bonds. The van der Waals surface area contributed by atoms with Crippen LogP contribution < -0.4 is 0 Å². The maximum absolute atomic E-state index is 11.5. The monoisotopic (exact) mass is 226 g/mol. The zero-order valence-corrected chi connectivity index (χ0v) is 11.3. The summed E-state index contributed by atoms with van der Waals surface area (Å²) in [6.45, 7) is 12.2. The minimum Gasteiger partial charge on any atom is -0.335 e. The molecule has 2 aliphatic rings. The molecule has 0 aliphatic carbocycles. The predicted molar refractivity (Wildman–Crippen MR) is 67.4 cm³/mol. The minimum absolute atomic E-state index is 0.222. The fraction of sp³-hybridized carbons (Fsp3) is 0.923. The van der Waals surface area contributed by atoms with E-state index in [0.29, 0.717) is 0 Å². The molecule has 2 aliphatic heterocycles. The molecule has 0 N–H and O–H groups in total. The maximum Gasteiger partial charge on any atom is 0.219 e. The summed E-state index contributed by atoms with van der Waals surface area (Å²) in [5.74, 6) is 0.264. The van der Waals surface area contributed by atoms with E-state index >= 15 is 0 Å². The Bertz CT molecular complexity index is 234. The van der Waals surface area contributed by atoms with Crippen molar-refractivity contribution in [2.75, 3.05) is 26.2 Å². The Morgan fingerprint density at radius 3 is 2.38 bits per heavy atom. The number of nitrogens with zero attached hydrogens (tertiary/aromatic N) is 2. The molecule has 2 rings (SSSR count). The van der Waals surface area contributed by atoms with Crippen LogP contribution >= 0.6 is 0 Å². The third kappa shape index (κ3) is 2.40. The standard InChI is InChI=1S/C11H20N2O.C2H6/c1-3-12-8-11(9-12)6-4-5-7-13(11)10(2)14;1-2/h3-9H2,1-2H3;1-2H3. The van der Waals surface area contributed by atoms with Gasteiger partial charge in [-0.1, -0.05) is 20.8 Å². The van der Waals surface area contributed by atoms with E-state index in [0.717, 1.165) is 26.2 Å². The van der Waals surface area contributed by atoms with Gasteiger partial charge in [0.1, 0.15) is 0 Å². The molecular formula is C13H26N2O. The molecule has 94 valence electrons. The smallest absolute Gasteiger partial charge is 0.219 e. The molecule has 0 bridgehead atoms. The van der Waals surface area contributed by atoms with E-state index in [-0.39, 0.29) is 11.4 Å². The van der Waals surface area contributed by atoms with Crippen molar-refractivity contribution in [2.24, 2.45) is 0 Å². The van der Waals surface area contributed by atoms with E-state index in [1.165, 1.54) is 19.3 Å². The minimum atomic E-state index is 0.222. The van der Waals surface area contributed by atoms with Crippen molar-refractivity contribution in [1.82, 2.24) is 9.80 Å². The van der Waals surface area contributed by atoms with Gasteiger partial charge in [0, 0.05) is 26.6 Å². The lowest BCUT2D eigenvalue weighted by molar-refractivity contribution is -0.148. The van der Waals surface area contributed by atoms with Gasteiger partial charge in [-0.2, -0.15) is 0 Å². The second kappa shape index (κ2) is 5.67. The lowest BCUT2D eigenvalue weighted by Crippen LogP contribution is -2.72. The molecule has 0 aromatic rings. The summed E-state index contributed by atoms with van der Waals surface area (Å²) < 4.78 is 0. The van der Waals surface area contributed by atoms with Crippen molar-refractivity contribution < 1.29 is 4.79 Å². The second-order valence-corrected chi connectivity index (χ2v) is 4.66. The average molecular weight is 226 g/mol. The van der Waals surface area contributed by atoms with Crippen LogP contribution in [0.5, 0.6) is 0 Å². The second-order valence-electron chi connectivity index (χ2n) is 4.66. The van der Waals surface area contributed by atoms with Crippen LogP contribution in [-0.2, 0) is 4.79 Å². The van der Waals surface area contributed by atoms with Crippen molar-refractivity contribution in [1.29, 1.82) is 0 Å². The first-order valence-electron chi connectivity index (χ1n) is 6.68. The van der Waals surface area contributed by atoms with E-state index in [2.05, 4.69) is 16.7 Å². The SMILES string of the molecule is CC.CCN1CC2(CCCCN2C(C)=O)C1. The highest BCUT2D eigenvalue weighted by molar-refractivity contribution is 5.74. The van der Waals surface area contributed by atoms with Crippen LogP contribution in [0.4, 0.5) is 0 Å². The van der Waals surface area contributed by atoms with Gasteiger partial charge in [-0.3, -0.25) is 9.69 Å².